The van der Waals surface area contributed by atoms with Crippen LogP contribution in [0.15, 0.2) is 0 Å². The van der Waals surface area contributed by atoms with Gasteiger partial charge in [-0.25, -0.2) is 0 Å². The number of carbonyl (C=O) groups is 1. The van der Waals surface area contributed by atoms with Gasteiger partial charge in [-0.15, -0.1) is 0 Å². The van der Waals surface area contributed by atoms with Crippen LogP contribution in [0.25, 0.3) is 0 Å². The zero-order valence-electron chi connectivity index (χ0n) is 14.4. The second kappa shape index (κ2) is 9.00. The van der Waals surface area contributed by atoms with Crippen LogP contribution in [-0.2, 0) is 14.3 Å². The number of hydrogen-bond acceptors (Lipinski definition) is 4. The molecular weight excluding hydrogens is 292 g/mol. The summed E-state index contributed by atoms with van der Waals surface area (Å²) in [5, 5.41) is 0. The lowest BCUT2D eigenvalue weighted by Gasteiger charge is -2.35. The highest BCUT2D eigenvalue weighted by molar-refractivity contribution is 5.76. The molecule has 0 aromatic carbocycles. The van der Waals surface area contributed by atoms with Gasteiger partial charge < -0.3 is 14.4 Å². The predicted octanol–water partition coefficient (Wildman–Crippen LogP) is 1.91. The van der Waals surface area contributed by atoms with Gasteiger partial charge in [0.25, 0.3) is 0 Å². The van der Waals surface area contributed by atoms with Crippen molar-refractivity contribution in [2.45, 2.75) is 51.0 Å². The summed E-state index contributed by atoms with van der Waals surface area (Å²) in [5.41, 5.74) is 0. The summed E-state index contributed by atoms with van der Waals surface area (Å²) in [6.07, 6.45) is 8.56. The van der Waals surface area contributed by atoms with E-state index in [0.29, 0.717) is 17.9 Å². The quantitative estimate of drug-likeness (QED) is 0.671. The molecule has 1 amide bonds. The van der Waals surface area contributed by atoms with E-state index in [4.69, 9.17) is 9.47 Å². The molecule has 132 valence electrons. The molecule has 3 rings (SSSR count). The molecule has 0 spiro atoms. The summed E-state index contributed by atoms with van der Waals surface area (Å²) >= 11 is 0. The van der Waals surface area contributed by atoms with Gasteiger partial charge in [-0.05, 0) is 31.6 Å². The fourth-order valence-electron chi connectivity index (χ4n) is 4.00. The third kappa shape index (κ3) is 5.44. The van der Waals surface area contributed by atoms with Crippen LogP contribution in [0.2, 0.25) is 0 Å². The highest BCUT2D eigenvalue weighted by atomic mass is 16.5. The maximum atomic E-state index is 12.3. The summed E-state index contributed by atoms with van der Waals surface area (Å²) in [6.45, 7) is 7.12. The van der Waals surface area contributed by atoms with Crippen LogP contribution in [0.5, 0.6) is 0 Å². The van der Waals surface area contributed by atoms with Crippen molar-refractivity contribution >= 4 is 5.91 Å². The average molecular weight is 324 g/mol. The van der Waals surface area contributed by atoms with Crippen molar-refractivity contribution in [1.29, 1.82) is 0 Å². The number of amides is 1. The summed E-state index contributed by atoms with van der Waals surface area (Å²) in [4.78, 5) is 16.8. The number of ether oxygens (including phenoxy) is 2. The molecule has 0 bridgehead atoms. The van der Waals surface area contributed by atoms with Gasteiger partial charge in [-0.1, -0.05) is 12.8 Å². The molecule has 0 radical (unpaired) electrons. The second-order valence-corrected chi connectivity index (χ2v) is 7.29. The largest absolute Gasteiger partial charge is 0.377 e. The highest BCUT2D eigenvalue weighted by Crippen LogP contribution is 2.28. The van der Waals surface area contributed by atoms with Gasteiger partial charge in [-0.3, -0.25) is 9.69 Å². The lowest BCUT2D eigenvalue weighted by molar-refractivity contribution is -0.134. The molecule has 0 unspecified atom stereocenters. The highest BCUT2D eigenvalue weighted by Gasteiger charge is 2.25. The van der Waals surface area contributed by atoms with Crippen LogP contribution in [0.1, 0.15) is 44.9 Å². The van der Waals surface area contributed by atoms with Crippen molar-refractivity contribution in [3.05, 3.63) is 0 Å². The Morgan fingerprint density at radius 1 is 1.04 bits per heavy atom. The third-order valence-electron chi connectivity index (χ3n) is 5.54. The van der Waals surface area contributed by atoms with Crippen molar-refractivity contribution in [2.24, 2.45) is 5.92 Å². The molecule has 2 aliphatic heterocycles. The van der Waals surface area contributed by atoms with Crippen LogP contribution in [0, 0.1) is 5.92 Å². The third-order valence-corrected chi connectivity index (χ3v) is 5.54. The summed E-state index contributed by atoms with van der Waals surface area (Å²) in [6, 6.07) is 0. The maximum absolute atomic E-state index is 12.3. The van der Waals surface area contributed by atoms with Crippen LogP contribution in [0.4, 0.5) is 0 Å². The van der Waals surface area contributed by atoms with E-state index >= 15 is 0 Å². The maximum Gasteiger partial charge on any atom is 0.222 e. The van der Waals surface area contributed by atoms with Gasteiger partial charge >= 0.3 is 0 Å². The van der Waals surface area contributed by atoms with Crippen LogP contribution >= 0.6 is 0 Å². The topological polar surface area (TPSA) is 42.0 Å². The fraction of sp³-hybridized carbons (Fsp3) is 0.944. The Balaban J connectivity index is 1.25. The van der Waals surface area contributed by atoms with Crippen molar-refractivity contribution in [1.82, 2.24) is 9.80 Å². The van der Waals surface area contributed by atoms with Crippen LogP contribution in [0.3, 0.4) is 0 Å². The molecule has 5 nitrogen and oxygen atoms in total. The number of nitrogens with zero attached hydrogens (tertiary/aromatic N) is 2. The molecule has 2 heterocycles. The Bertz CT molecular complexity index is 357. The monoisotopic (exact) mass is 324 g/mol. The minimum atomic E-state index is 0.319. The van der Waals surface area contributed by atoms with E-state index in [2.05, 4.69) is 9.80 Å². The van der Waals surface area contributed by atoms with E-state index in [1.807, 2.05) is 0 Å². The second-order valence-electron chi connectivity index (χ2n) is 7.29. The van der Waals surface area contributed by atoms with Crippen molar-refractivity contribution < 1.29 is 14.3 Å². The Labute approximate surface area is 140 Å². The standard InChI is InChI=1S/C18H32N2O3/c21-18(14-16-4-1-2-5-16)20-9-7-19(8-10-20)11-13-22-15-17-6-3-12-23-17/h16-17H,1-15H2/t17-/m1/s1. The SMILES string of the molecule is O=C(CC1CCCC1)N1CCN(CCOC[C@H]2CCCO2)CC1. The molecule has 0 aromatic rings. The van der Waals surface area contributed by atoms with E-state index in [1.54, 1.807) is 0 Å². The molecule has 0 N–H and O–H groups in total. The van der Waals surface area contributed by atoms with Crippen LogP contribution in [-0.4, -0.2) is 74.4 Å². The first kappa shape index (κ1) is 17.2. The molecule has 3 fully saturated rings. The molecule has 1 atom stereocenters. The minimum absolute atomic E-state index is 0.319. The minimum Gasteiger partial charge on any atom is -0.377 e. The normalized spacial score (nSPS) is 27.0. The van der Waals surface area contributed by atoms with E-state index in [-0.39, 0.29) is 0 Å². The summed E-state index contributed by atoms with van der Waals surface area (Å²) in [7, 11) is 0. The molecule has 5 heteroatoms. The smallest absolute Gasteiger partial charge is 0.222 e. The first-order valence-corrected chi connectivity index (χ1v) is 9.51. The molecule has 23 heavy (non-hydrogen) atoms. The molecule has 1 aliphatic carbocycles. The van der Waals surface area contributed by atoms with E-state index in [0.717, 1.165) is 65.4 Å². The van der Waals surface area contributed by atoms with Gasteiger partial charge in [0, 0.05) is 45.8 Å². The number of hydrogen-bond donors (Lipinski definition) is 0. The van der Waals surface area contributed by atoms with E-state index in [9.17, 15) is 4.79 Å². The number of carbonyl (C=O) groups excluding carboxylic acids is 1. The van der Waals surface area contributed by atoms with Crippen molar-refractivity contribution in [2.75, 3.05) is 52.5 Å². The average Bonchev–Trinajstić information content (AvgIpc) is 3.26. The lowest BCUT2D eigenvalue weighted by Crippen LogP contribution is -2.49. The van der Waals surface area contributed by atoms with Gasteiger partial charge in [-0.2, -0.15) is 0 Å². The van der Waals surface area contributed by atoms with Gasteiger partial charge in [0.1, 0.15) is 0 Å². The van der Waals surface area contributed by atoms with E-state index in [1.165, 1.54) is 32.1 Å². The molecule has 0 aromatic heterocycles. The molecule has 3 aliphatic rings. The lowest BCUT2D eigenvalue weighted by atomic mass is 10.0. The first-order valence-electron chi connectivity index (χ1n) is 9.51. The molecule has 1 saturated carbocycles. The molecular formula is C18H32N2O3. The Hall–Kier alpha value is -0.650. The van der Waals surface area contributed by atoms with Gasteiger partial charge in [0.15, 0.2) is 0 Å². The summed E-state index contributed by atoms with van der Waals surface area (Å²) < 4.78 is 11.3. The number of rotatable bonds is 7. The van der Waals surface area contributed by atoms with Gasteiger partial charge in [0.2, 0.25) is 5.91 Å². The van der Waals surface area contributed by atoms with Crippen molar-refractivity contribution in [3.63, 3.8) is 0 Å². The number of piperazine rings is 1. The van der Waals surface area contributed by atoms with Crippen LogP contribution < -0.4 is 0 Å². The van der Waals surface area contributed by atoms with Gasteiger partial charge in [0.05, 0.1) is 19.3 Å². The summed E-state index contributed by atoms with van der Waals surface area (Å²) in [5.74, 6) is 1.04. The predicted molar refractivity (Wildman–Crippen MR) is 89.4 cm³/mol. The molecule has 2 saturated heterocycles. The Morgan fingerprint density at radius 3 is 2.52 bits per heavy atom. The van der Waals surface area contributed by atoms with E-state index < -0.39 is 0 Å². The zero-order chi connectivity index (χ0) is 15.9. The van der Waals surface area contributed by atoms with Crippen molar-refractivity contribution in [3.8, 4) is 0 Å². The fourth-order valence-corrected chi connectivity index (χ4v) is 4.00. The zero-order valence-corrected chi connectivity index (χ0v) is 14.4. The first-order chi connectivity index (χ1) is 11.3. The Kier molecular flexibility index (Phi) is 6.72. The Morgan fingerprint density at radius 2 is 1.83 bits per heavy atom.